The van der Waals surface area contributed by atoms with Crippen molar-refractivity contribution in [1.29, 1.82) is 0 Å². The number of hydrogen-bond acceptors (Lipinski definition) is 3. The summed E-state index contributed by atoms with van der Waals surface area (Å²) in [5, 5.41) is 0. The van der Waals surface area contributed by atoms with Gasteiger partial charge in [-0.3, -0.25) is 0 Å². The van der Waals surface area contributed by atoms with E-state index in [0.717, 1.165) is 0 Å². The molecule has 0 aliphatic carbocycles. The Balaban J connectivity index is 3.47. The number of hydrogen-bond donors (Lipinski definition) is 1. The summed E-state index contributed by atoms with van der Waals surface area (Å²) in [6.45, 7) is 1.72. The van der Waals surface area contributed by atoms with Crippen LogP contribution in [0.15, 0.2) is 23.1 Å². The molecule has 3 nitrogen and oxygen atoms in total. The zero-order valence-electron chi connectivity index (χ0n) is 7.12. The molecule has 1 rings (SSSR count). The number of halogens is 1. The lowest BCUT2D eigenvalue weighted by Gasteiger charge is -2.05. The zero-order chi connectivity index (χ0) is 10.1. The van der Waals surface area contributed by atoms with E-state index in [4.69, 9.17) is 5.73 Å². The normalized spacial score (nSPS) is 11.5. The maximum atomic E-state index is 12.7. The fraction of sp³-hybridized carbons (Fsp3) is 0.250. The molecular formula is C8H10FNO2S. The highest BCUT2D eigenvalue weighted by Gasteiger charge is 2.17. The van der Waals surface area contributed by atoms with Gasteiger partial charge in [-0.15, -0.1) is 3.89 Å². The van der Waals surface area contributed by atoms with E-state index in [2.05, 4.69) is 0 Å². The van der Waals surface area contributed by atoms with Crippen LogP contribution in [-0.4, -0.2) is 8.42 Å². The number of nitrogens with two attached hydrogens (primary N) is 1. The van der Waals surface area contributed by atoms with Crippen LogP contribution in [0.1, 0.15) is 12.5 Å². The summed E-state index contributed by atoms with van der Waals surface area (Å²) in [6.07, 6.45) is 0.394. The van der Waals surface area contributed by atoms with Crippen LogP contribution in [-0.2, 0) is 16.6 Å². The summed E-state index contributed by atoms with van der Waals surface area (Å²) in [4.78, 5) is -0.324. The van der Waals surface area contributed by atoms with Crippen LogP contribution in [0.25, 0.3) is 0 Å². The van der Waals surface area contributed by atoms with Crippen molar-refractivity contribution >= 4 is 15.9 Å². The lowest BCUT2D eigenvalue weighted by atomic mass is 10.1. The minimum Gasteiger partial charge on any atom is -0.398 e. The summed E-state index contributed by atoms with van der Waals surface area (Å²) in [5.74, 6) is 0. The minimum atomic E-state index is -4.65. The van der Waals surface area contributed by atoms with E-state index in [1.807, 2.05) is 0 Å². The molecule has 0 aliphatic heterocycles. The second-order valence-corrected chi connectivity index (χ2v) is 3.93. The molecule has 72 valence electrons. The van der Waals surface area contributed by atoms with Crippen molar-refractivity contribution in [2.75, 3.05) is 5.73 Å². The average Bonchev–Trinajstić information content (AvgIpc) is 2.02. The molecule has 0 radical (unpaired) electrons. The predicted molar refractivity (Wildman–Crippen MR) is 48.5 cm³/mol. The highest BCUT2D eigenvalue weighted by Crippen LogP contribution is 2.23. The lowest BCUT2D eigenvalue weighted by Crippen LogP contribution is -2.01. The molecule has 0 bridgehead atoms. The smallest absolute Gasteiger partial charge is 0.332 e. The first-order valence-corrected chi connectivity index (χ1v) is 5.17. The topological polar surface area (TPSA) is 60.2 Å². The van der Waals surface area contributed by atoms with Crippen LogP contribution in [0.3, 0.4) is 0 Å². The van der Waals surface area contributed by atoms with E-state index in [9.17, 15) is 12.3 Å². The zero-order valence-corrected chi connectivity index (χ0v) is 7.94. The molecule has 0 amide bonds. The van der Waals surface area contributed by atoms with Gasteiger partial charge >= 0.3 is 10.2 Å². The molecule has 0 heterocycles. The molecule has 0 aliphatic rings. The summed E-state index contributed by atoms with van der Waals surface area (Å²) in [5.41, 5.74) is 6.14. The summed E-state index contributed by atoms with van der Waals surface area (Å²) in [7, 11) is -4.65. The van der Waals surface area contributed by atoms with Gasteiger partial charge in [0, 0.05) is 5.69 Å². The molecule has 0 saturated carbocycles. The summed E-state index contributed by atoms with van der Waals surface area (Å²) >= 11 is 0. The first-order chi connectivity index (χ1) is 5.96. The lowest BCUT2D eigenvalue weighted by molar-refractivity contribution is 0.551. The predicted octanol–water partition coefficient (Wildman–Crippen LogP) is 1.49. The molecule has 2 N–H and O–H groups in total. The van der Waals surface area contributed by atoms with E-state index in [-0.39, 0.29) is 4.90 Å². The second kappa shape index (κ2) is 3.33. The van der Waals surface area contributed by atoms with Gasteiger partial charge in [-0.25, -0.2) is 0 Å². The maximum Gasteiger partial charge on any atom is 0.332 e. The monoisotopic (exact) mass is 203 g/mol. The highest BCUT2D eigenvalue weighted by molar-refractivity contribution is 7.86. The first-order valence-electron chi connectivity index (χ1n) is 3.79. The molecule has 0 saturated heterocycles. The van der Waals surface area contributed by atoms with Gasteiger partial charge in [-0.05, 0) is 24.1 Å². The number of nitrogen functional groups attached to an aromatic ring is 1. The molecule has 5 heteroatoms. The van der Waals surface area contributed by atoms with Crippen molar-refractivity contribution in [2.45, 2.75) is 18.2 Å². The van der Waals surface area contributed by atoms with E-state index < -0.39 is 10.2 Å². The van der Waals surface area contributed by atoms with Crippen LogP contribution in [0.4, 0.5) is 9.57 Å². The molecule has 0 spiro atoms. The quantitative estimate of drug-likeness (QED) is 0.585. The number of anilines is 1. The van der Waals surface area contributed by atoms with Crippen molar-refractivity contribution in [1.82, 2.24) is 0 Å². The summed E-state index contributed by atoms with van der Waals surface area (Å²) in [6, 6.07) is 4.18. The van der Waals surface area contributed by atoms with Crippen LogP contribution in [0, 0.1) is 0 Å². The summed E-state index contributed by atoms with van der Waals surface area (Å²) < 4.78 is 34.0. The Morgan fingerprint density at radius 2 is 2.08 bits per heavy atom. The Bertz CT molecular complexity index is 414. The van der Waals surface area contributed by atoms with E-state index in [1.165, 1.54) is 12.1 Å². The van der Waals surface area contributed by atoms with Crippen molar-refractivity contribution < 1.29 is 12.3 Å². The van der Waals surface area contributed by atoms with Gasteiger partial charge in [0.05, 0.1) is 0 Å². The van der Waals surface area contributed by atoms with Gasteiger partial charge in [0.1, 0.15) is 4.90 Å². The second-order valence-electron chi connectivity index (χ2n) is 2.62. The molecule has 0 atom stereocenters. The van der Waals surface area contributed by atoms with Gasteiger partial charge in [-0.1, -0.05) is 13.0 Å². The van der Waals surface area contributed by atoms with Crippen molar-refractivity contribution in [3.8, 4) is 0 Å². The fourth-order valence-corrected chi connectivity index (χ4v) is 1.99. The van der Waals surface area contributed by atoms with Crippen molar-refractivity contribution in [2.24, 2.45) is 0 Å². The minimum absolute atomic E-state index is 0.307. The average molecular weight is 203 g/mol. The fourth-order valence-electron chi connectivity index (χ4n) is 1.19. The molecule has 1 aromatic rings. The van der Waals surface area contributed by atoms with Gasteiger partial charge in [0.25, 0.3) is 0 Å². The Morgan fingerprint density at radius 3 is 2.46 bits per heavy atom. The molecule has 1 aromatic carbocycles. The standard InChI is InChI=1S/C8H10FNO2S/c1-2-6-7(10)4-3-5-8(6)13(9,11)12/h3-5H,2,10H2,1H3. The van der Waals surface area contributed by atoms with Crippen LogP contribution < -0.4 is 5.73 Å². The van der Waals surface area contributed by atoms with E-state index in [0.29, 0.717) is 17.7 Å². The Morgan fingerprint density at radius 1 is 1.46 bits per heavy atom. The molecular weight excluding hydrogens is 193 g/mol. The van der Waals surface area contributed by atoms with Crippen LogP contribution in [0.2, 0.25) is 0 Å². The third-order valence-corrected chi connectivity index (χ3v) is 2.69. The third-order valence-electron chi connectivity index (χ3n) is 1.79. The molecule has 0 unspecified atom stereocenters. The Labute approximate surface area is 76.6 Å². The molecule has 0 aromatic heterocycles. The number of benzene rings is 1. The van der Waals surface area contributed by atoms with Crippen molar-refractivity contribution in [3.05, 3.63) is 23.8 Å². The SMILES string of the molecule is CCc1c(N)cccc1S(=O)(=O)F. The first kappa shape index (κ1) is 9.98. The maximum absolute atomic E-state index is 12.7. The Hall–Kier alpha value is -1.10. The van der Waals surface area contributed by atoms with E-state index >= 15 is 0 Å². The van der Waals surface area contributed by atoms with Crippen LogP contribution >= 0.6 is 0 Å². The third kappa shape index (κ3) is 1.98. The van der Waals surface area contributed by atoms with Gasteiger partial charge in [0.15, 0.2) is 0 Å². The Kier molecular flexibility index (Phi) is 2.56. The molecule has 13 heavy (non-hydrogen) atoms. The van der Waals surface area contributed by atoms with Crippen molar-refractivity contribution in [3.63, 3.8) is 0 Å². The number of rotatable bonds is 2. The molecule has 0 fully saturated rings. The van der Waals surface area contributed by atoms with Gasteiger partial charge in [0.2, 0.25) is 0 Å². The van der Waals surface area contributed by atoms with Gasteiger partial charge < -0.3 is 5.73 Å². The van der Waals surface area contributed by atoms with E-state index in [1.54, 1.807) is 13.0 Å². The van der Waals surface area contributed by atoms with Gasteiger partial charge in [-0.2, -0.15) is 8.42 Å². The largest absolute Gasteiger partial charge is 0.398 e. The van der Waals surface area contributed by atoms with Crippen LogP contribution in [0.5, 0.6) is 0 Å². The highest BCUT2D eigenvalue weighted by atomic mass is 32.3.